The first kappa shape index (κ1) is 19.5. The number of nitrogens with zero attached hydrogens (tertiary/aromatic N) is 4. The summed E-state index contributed by atoms with van der Waals surface area (Å²) in [7, 11) is 0. The third-order valence-electron chi connectivity index (χ3n) is 4.24. The number of carbonyl (C=O) groups is 1. The number of hydrogen-bond donors (Lipinski definition) is 1. The Morgan fingerprint density at radius 2 is 1.96 bits per heavy atom. The molecule has 1 unspecified atom stereocenters. The summed E-state index contributed by atoms with van der Waals surface area (Å²) < 4.78 is 40.1. The summed E-state index contributed by atoms with van der Waals surface area (Å²) in [6.07, 6.45) is -2.93. The van der Waals surface area contributed by atoms with Crippen molar-refractivity contribution in [3.63, 3.8) is 0 Å². The van der Waals surface area contributed by atoms with Gasteiger partial charge < -0.3 is 5.32 Å². The number of aryl methyl sites for hydroxylation is 1. The molecular formula is C19H18F3N5O. The number of rotatable bonds is 5. The second kappa shape index (κ2) is 7.79. The Kier molecular flexibility index (Phi) is 5.43. The molecule has 0 saturated carbocycles. The van der Waals surface area contributed by atoms with E-state index in [1.807, 2.05) is 19.9 Å². The number of hydrogen-bond acceptors (Lipinski definition) is 4. The zero-order valence-electron chi connectivity index (χ0n) is 15.2. The molecule has 2 heterocycles. The number of amides is 1. The van der Waals surface area contributed by atoms with Crippen LogP contribution in [0.25, 0.3) is 0 Å². The Balaban J connectivity index is 1.74. The maximum Gasteiger partial charge on any atom is 0.433 e. The van der Waals surface area contributed by atoms with Gasteiger partial charge in [-0.05, 0) is 36.8 Å². The van der Waals surface area contributed by atoms with E-state index in [1.165, 1.54) is 6.07 Å². The average molecular weight is 389 g/mol. The highest BCUT2D eigenvalue weighted by molar-refractivity contribution is 6.02. The maximum absolute atomic E-state index is 12.8. The molecule has 0 aliphatic rings. The van der Waals surface area contributed by atoms with Gasteiger partial charge in [0, 0.05) is 18.2 Å². The number of pyridine rings is 1. The standard InChI is InChI=1S/C19H18F3N5O/c1-12(11-27-13(2)10-23-26-27)14-5-3-6-15(9-14)24-18(28)16-7-4-8-17(25-16)19(20,21)22/h3-10,12H,11H2,1-2H3,(H,24,28). The minimum absolute atomic E-state index is 0.0870. The van der Waals surface area contributed by atoms with Crippen LogP contribution in [0.5, 0.6) is 0 Å². The Morgan fingerprint density at radius 3 is 2.64 bits per heavy atom. The molecule has 1 amide bonds. The topological polar surface area (TPSA) is 72.7 Å². The zero-order valence-corrected chi connectivity index (χ0v) is 15.2. The molecule has 2 aromatic heterocycles. The van der Waals surface area contributed by atoms with Gasteiger partial charge >= 0.3 is 6.18 Å². The molecule has 28 heavy (non-hydrogen) atoms. The van der Waals surface area contributed by atoms with Crippen molar-refractivity contribution in [3.8, 4) is 0 Å². The van der Waals surface area contributed by atoms with Crippen molar-refractivity contribution in [2.75, 3.05) is 5.32 Å². The third-order valence-corrected chi connectivity index (χ3v) is 4.24. The van der Waals surface area contributed by atoms with Crippen molar-refractivity contribution in [1.82, 2.24) is 20.0 Å². The largest absolute Gasteiger partial charge is 0.433 e. The van der Waals surface area contributed by atoms with E-state index in [0.717, 1.165) is 23.4 Å². The molecule has 146 valence electrons. The van der Waals surface area contributed by atoms with Crippen LogP contribution in [0.15, 0.2) is 48.7 Å². The Labute approximate surface area is 159 Å². The number of nitrogens with one attached hydrogen (secondary N) is 1. The molecule has 0 bridgehead atoms. The molecule has 0 radical (unpaired) electrons. The predicted molar refractivity (Wildman–Crippen MR) is 96.8 cm³/mol. The smallest absolute Gasteiger partial charge is 0.321 e. The van der Waals surface area contributed by atoms with E-state index in [2.05, 4.69) is 20.6 Å². The molecule has 0 aliphatic carbocycles. The molecule has 0 saturated heterocycles. The van der Waals surface area contributed by atoms with Crippen LogP contribution in [-0.4, -0.2) is 25.9 Å². The van der Waals surface area contributed by atoms with Gasteiger partial charge in [0.1, 0.15) is 11.4 Å². The van der Waals surface area contributed by atoms with E-state index in [-0.39, 0.29) is 11.6 Å². The number of alkyl halides is 3. The number of anilines is 1. The molecular weight excluding hydrogens is 371 g/mol. The van der Waals surface area contributed by atoms with Gasteiger partial charge in [-0.15, -0.1) is 5.10 Å². The fourth-order valence-corrected chi connectivity index (χ4v) is 2.69. The normalized spacial score (nSPS) is 12.6. The fourth-order valence-electron chi connectivity index (χ4n) is 2.69. The summed E-state index contributed by atoms with van der Waals surface area (Å²) in [6.45, 7) is 4.53. The molecule has 1 aromatic carbocycles. The number of halogens is 3. The zero-order chi connectivity index (χ0) is 20.3. The van der Waals surface area contributed by atoms with E-state index in [9.17, 15) is 18.0 Å². The van der Waals surface area contributed by atoms with Gasteiger partial charge in [-0.3, -0.25) is 4.79 Å². The van der Waals surface area contributed by atoms with E-state index < -0.39 is 17.8 Å². The molecule has 0 aliphatic heterocycles. The molecule has 6 nitrogen and oxygen atoms in total. The minimum atomic E-state index is -4.61. The summed E-state index contributed by atoms with van der Waals surface area (Å²) in [6, 6.07) is 10.4. The Hall–Kier alpha value is -3.23. The van der Waals surface area contributed by atoms with Crippen molar-refractivity contribution < 1.29 is 18.0 Å². The van der Waals surface area contributed by atoms with Crippen molar-refractivity contribution in [3.05, 3.63) is 71.3 Å². The van der Waals surface area contributed by atoms with Crippen LogP contribution >= 0.6 is 0 Å². The van der Waals surface area contributed by atoms with Gasteiger partial charge in [0.2, 0.25) is 0 Å². The lowest BCUT2D eigenvalue weighted by atomic mass is 10.0. The molecule has 0 spiro atoms. The second-order valence-electron chi connectivity index (χ2n) is 6.44. The summed E-state index contributed by atoms with van der Waals surface area (Å²) in [5, 5.41) is 10.5. The molecule has 1 N–H and O–H groups in total. The molecule has 3 rings (SSSR count). The summed E-state index contributed by atoms with van der Waals surface area (Å²) in [5.41, 5.74) is 0.956. The van der Waals surface area contributed by atoms with E-state index in [0.29, 0.717) is 12.2 Å². The average Bonchev–Trinajstić information content (AvgIpc) is 3.06. The number of aromatic nitrogens is 4. The fraction of sp³-hybridized carbons (Fsp3) is 0.263. The van der Waals surface area contributed by atoms with Crippen LogP contribution < -0.4 is 5.32 Å². The SMILES string of the molecule is Cc1cnnn1CC(C)c1cccc(NC(=O)c2cccc(C(F)(F)F)n2)c1. The monoisotopic (exact) mass is 389 g/mol. The van der Waals surface area contributed by atoms with Gasteiger partial charge in [-0.2, -0.15) is 13.2 Å². The highest BCUT2D eigenvalue weighted by Crippen LogP contribution is 2.27. The lowest BCUT2D eigenvalue weighted by Crippen LogP contribution is -2.17. The van der Waals surface area contributed by atoms with Crippen molar-refractivity contribution in [1.29, 1.82) is 0 Å². The highest BCUT2D eigenvalue weighted by Gasteiger charge is 2.32. The van der Waals surface area contributed by atoms with Crippen LogP contribution in [0.1, 0.15) is 40.3 Å². The van der Waals surface area contributed by atoms with Gasteiger partial charge in [-0.1, -0.05) is 30.3 Å². The van der Waals surface area contributed by atoms with E-state index in [4.69, 9.17) is 0 Å². The van der Waals surface area contributed by atoms with Gasteiger partial charge in [0.15, 0.2) is 0 Å². The molecule has 3 aromatic rings. The Bertz CT molecular complexity index is 983. The van der Waals surface area contributed by atoms with Gasteiger partial charge in [-0.25, -0.2) is 9.67 Å². The van der Waals surface area contributed by atoms with Crippen molar-refractivity contribution in [2.45, 2.75) is 32.5 Å². The first-order valence-electron chi connectivity index (χ1n) is 8.54. The summed E-state index contributed by atoms with van der Waals surface area (Å²) in [4.78, 5) is 15.7. The third kappa shape index (κ3) is 4.54. The van der Waals surface area contributed by atoms with Crippen LogP contribution in [0, 0.1) is 6.92 Å². The maximum atomic E-state index is 12.8. The lowest BCUT2D eigenvalue weighted by Gasteiger charge is -2.14. The molecule has 9 heteroatoms. The van der Waals surface area contributed by atoms with Crippen LogP contribution in [0.2, 0.25) is 0 Å². The van der Waals surface area contributed by atoms with Crippen molar-refractivity contribution in [2.24, 2.45) is 0 Å². The molecule has 0 fully saturated rings. The van der Waals surface area contributed by atoms with Crippen LogP contribution in [0.4, 0.5) is 18.9 Å². The highest BCUT2D eigenvalue weighted by atomic mass is 19.4. The first-order chi connectivity index (χ1) is 13.2. The van der Waals surface area contributed by atoms with E-state index >= 15 is 0 Å². The van der Waals surface area contributed by atoms with E-state index in [1.54, 1.807) is 29.1 Å². The van der Waals surface area contributed by atoms with Gasteiger partial charge in [0.05, 0.1) is 11.9 Å². The first-order valence-corrected chi connectivity index (χ1v) is 8.54. The van der Waals surface area contributed by atoms with Crippen molar-refractivity contribution >= 4 is 11.6 Å². The Morgan fingerprint density at radius 1 is 1.21 bits per heavy atom. The van der Waals surface area contributed by atoms with Crippen LogP contribution in [-0.2, 0) is 12.7 Å². The second-order valence-corrected chi connectivity index (χ2v) is 6.44. The predicted octanol–water partition coefficient (Wildman–Crippen LogP) is 4.06. The molecule has 1 atom stereocenters. The quantitative estimate of drug-likeness (QED) is 0.714. The summed E-state index contributed by atoms with van der Waals surface area (Å²) in [5.74, 6) is -0.619. The minimum Gasteiger partial charge on any atom is -0.321 e. The number of benzene rings is 1. The number of carbonyl (C=O) groups excluding carboxylic acids is 1. The lowest BCUT2D eigenvalue weighted by molar-refractivity contribution is -0.141. The van der Waals surface area contributed by atoms with Gasteiger partial charge in [0.25, 0.3) is 5.91 Å². The van der Waals surface area contributed by atoms with Crippen LogP contribution in [0.3, 0.4) is 0 Å². The summed E-state index contributed by atoms with van der Waals surface area (Å²) >= 11 is 0.